The average molecular weight is 281 g/mol. The largest absolute Gasteiger partial charge is 0.367 e. The highest BCUT2D eigenvalue weighted by atomic mass is 16.5. The molecular formula is C15H27N3O2. The summed E-state index contributed by atoms with van der Waals surface area (Å²) in [7, 11) is 0. The maximum atomic E-state index is 6.17. The van der Waals surface area contributed by atoms with Crippen LogP contribution >= 0.6 is 0 Å². The van der Waals surface area contributed by atoms with Gasteiger partial charge in [0.05, 0.1) is 6.04 Å². The molecule has 2 atom stereocenters. The third-order valence-electron chi connectivity index (χ3n) is 4.47. The number of hydrogen-bond acceptors (Lipinski definition) is 5. The highest BCUT2D eigenvalue weighted by molar-refractivity contribution is 5.05. The van der Waals surface area contributed by atoms with Gasteiger partial charge in [0.1, 0.15) is 5.60 Å². The Hall–Kier alpha value is -0.940. The lowest BCUT2D eigenvalue weighted by molar-refractivity contribution is -0.0777. The second-order valence-electron chi connectivity index (χ2n) is 5.86. The summed E-state index contributed by atoms with van der Waals surface area (Å²) < 4.78 is 11.4. The molecule has 114 valence electrons. The normalized spacial score (nSPS) is 21.6. The van der Waals surface area contributed by atoms with E-state index in [0.717, 1.165) is 32.1 Å². The maximum absolute atomic E-state index is 6.17. The van der Waals surface area contributed by atoms with Crippen LogP contribution in [0, 0.1) is 5.92 Å². The topological polar surface area (TPSA) is 74.2 Å². The van der Waals surface area contributed by atoms with Crippen LogP contribution in [0.2, 0.25) is 0 Å². The summed E-state index contributed by atoms with van der Waals surface area (Å²) in [6.45, 7) is 6.90. The van der Waals surface area contributed by atoms with Crippen molar-refractivity contribution in [2.45, 2.75) is 70.9 Å². The lowest BCUT2D eigenvalue weighted by Crippen LogP contribution is -2.33. The van der Waals surface area contributed by atoms with E-state index in [1.165, 1.54) is 6.42 Å². The van der Waals surface area contributed by atoms with E-state index >= 15 is 0 Å². The van der Waals surface area contributed by atoms with Crippen LogP contribution in [0.5, 0.6) is 0 Å². The summed E-state index contributed by atoms with van der Waals surface area (Å²) in [5.41, 5.74) is 5.81. The molecule has 0 radical (unpaired) electrons. The number of nitrogens with two attached hydrogens (primary N) is 1. The summed E-state index contributed by atoms with van der Waals surface area (Å²) in [5, 5.41) is 4.18. The molecule has 5 heteroatoms. The van der Waals surface area contributed by atoms with Crippen LogP contribution in [0.4, 0.5) is 0 Å². The van der Waals surface area contributed by atoms with Crippen molar-refractivity contribution in [2.75, 3.05) is 6.61 Å². The third kappa shape index (κ3) is 3.04. The van der Waals surface area contributed by atoms with Crippen molar-refractivity contribution in [3.8, 4) is 0 Å². The SMILES string of the molecule is CCOC1(c2noc([C@@H](N)C(C)CC)n2)CCCCC1. The maximum Gasteiger partial charge on any atom is 0.243 e. The smallest absolute Gasteiger partial charge is 0.243 e. The quantitative estimate of drug-likeness (QED) is 0.865. The van der Waals surface area contributed by atoms with Crippen molar-refractivity contribution < 1.29 is 9.26 Å². The minimum Gasteiger partial charge on any atom is -0.367 e. The molecular weight excluding hydrogens is 254 g/mol. The lowest BCUT2D eigenvalue weighted by Gasteiger charge is -2.33. The Balaban J connectivity index is 2.20. The minimum absolute atomic E-state index is 0.191. The van der Waals surface area contributed by atoms with Gasteiger partial charge >= 0.3 is 0 Å². The summed E-state index contributed by atoms with van der Waals surface area (Å²) in [5.74, 6) is 1.56. The van der Waals surface area contributed by atoms with Crippen molar-refractivity contribution in [3.05, 3.63) is 11.7 Å². The van der Waals surface area contributed by atoms with E-state index in [0.29, 0.717) is 24.2 Å². The second kappa shape index (κ2) is 6.68. The highest BCUT2D eigenvalue weighted by Crippen LogP contribution is 2.39. The zero-order chi connectivity index (χ0) is 14.6. The van der Waals surface area contributed by atoms with E-state index in [1.54, 1.807) is 0 Å². The molecule has 1 aliphatic carbocycles. The van der Waals surface area contributed by atoms with E-state index in [1.807, 2.05) is 6.92 Å². The summed E-state index contributed by atoms with van der Waals surface area (Å²) in [6, 6.07) is -0.191. The van der Waals surface area contributed by atoms with Crippen LogP contribution in [0.15, 0.2) is 4.52 Å². The minimum atomic E-state index is -0.357. The van der Waals surface area contributed by atoms with Gasteiger partial charge in [-0.25, -0.2) is 0 Å². The molecule has 1 saturated carbocycles. The van der Waals surface area contributed by atoms with Gasteiger partial charge in [-0.2, -0.15) is 4.98 Å². The molecule has 0 aliphatic heterocycles. The van der Waals surface area contributed by atoms with E-state index in [4.69, 9.17) is 15.0 Å². The van der Waals surface area contributed by atoms with E-state index < -0.39 is 0 Å². The highest BCUT2D eigenvalue weighted by Gasteiger charge is 2.39. The van der Waals surface area contributed by atoms with Crippen LogP contribution in [0.25, 0.3) is 0 Å². The fourth-order valence-corrected chi connectivity index (χ4v) is 2.88. The van der Waals surface area contributed by atoms with Crippen molar-refractivity contribution in [2.24, 2.45) is 11.7 Å². The van der Waals surface area contributed by atoms with Gasteiger partial charge in [-0.05, 0) is 25.7 Å². The van der Waals surface area contributed by atoms with Crippen LogP contribution in [-0.2, 0) is 10.3 Å². The fraction of sp³-hybridized carbons (Fsp3) is 0.867. The van der Waals surface area contributed by atoms with Crippen LogP contribution in [-0.4, -0.2) is 16.7 Å². The molecule has 1 heterocycles. The third-order valence-corrected chi connectivity index (χ3v) is 4.47. The molecule has 1 aliphatic rings. The zero-order valence-electron chi connectivity index (χ0n) is 12.9. The second-order valence-corrected chi connectivity index (χ2v) is 5.86. The van der Waals surface area contributed by atoms with Gasteiger partial charge < -0.3 is 15.0 Å². The predicted octanol–water partition coefficient (Wildman–Crippen LogP) is 3.31. The Morgan fingerprint density at radius 2 is 2.00 bits per heavy atom. The molecule has 2 N–H and O–H groups in total. The van der Waals surface area contributed by atoms with Gasteiger partial charge in [-0.3, -0.25) is 0 Å². The summed E-state index contributed by atoms with van der Waals surface area (Å²) in [6.07, 6.45) is 6.50. The molecule has 2 rings (SSSR count). The Morgan fingerprint density at radius 1 is 1.30 bits per heavy atom. The number of hydrogen-bond donors (Lipinski definition) is 1. The molecule has 0 saturated heterocycles. The monoisotopic (exact) mass is 281 g/mol. The number of ether oxygens (including phenoxy) is 1. The van der Waals surface area contributed by atoms with Gasteiger partial charge in [0.2, 0.25) is 11.7 Å². The Morgan fingerprint density at radius 3 is 2.60 bits per heavy atom. The molecule has 1 aromatic rings. The predicted molar refractivity (Wildman–Crippen MR) is 77.1 cm³/mol. The van der Waals surface area contributed by atoms with Gasteiger partial charge in [0.15, 0.2) is 0 Å². The lowest BCUT2D eigenvalue weighted by atomic mass is 9.84. The number of nitrogens with zero attached hydrogens (tertiary/aromatic N) is 2. The Kier molecular flexibility index (Phi) is 5.16. The van der Waals surface area contributed by atoms with E-state index in [-0.39, 0.29) is 11.6 Å². The zero-order valence-corrected chi connectivity index (χ0v) is 12.9. The van der Waals surface area contributed by atoms with Crippen LogP contribution in [0.3, 0.4) is 0 Å². The molecule has 5 nitrogen and oxygen atoms in total. The van der Waals surface area contributed by atoms with E-state index in [9.17, 15) is 0 Å². The van der Waals surface area contributed by atoms with Gasteiger partial charge in [0, 0.05) is 6.61 Å². The summed E-state index contributed by atoms with van der Waals surface area (Å²) in [4.78, 5) is 4.57. The first-order valence-corrected chi connectivity index (χ1v) is 7.86. The first-order chi connectivity index (χ1) is 9.63. The summed E-state index contributed by atoms with van der Waals surface area (Å²) >= 11 is 0. The molecule has 1 aromatic heterocycles. The van der Waals surface area contributed by atoms with Crippen molar-refractivity contribution in [1.29, 1.82) is 0 Å². The van der Waals surface area contributed by atoms with Gasteiger partial charge in [-0.1, -0.05) is 44.7 Å². The van der Waals surface area contributed by atoms with Crippen molar-refractivity contribution in [3.63, 3.8) is 0 Å². The van der Waals surface area contributed by atoms with Crippen molar-refractivity contribution in [1.82, 2.24) is 10.1 Å². The molecule has 0 amide bonds. The number of rotatable bonds is 6. The standard InChI is InChI=1S/C15H27N3O2/c1-4-11(3)12(16)13-17-14(18-20-13)15(19-5-2)9-7-6-8-10-15/h11-12H,4-10,16H2,1-3H3/t11?,12-/m0/s1. The molecule has 0 aromatic carbocycles. The Bertz CT molecular complexity index is 407. The molecule has 0 bridgehead atoms. The molecule has 20 heavy (non-hydrogen) atoms. The molecule has 1 unspecified atom stereocenters. The van der Waals surface area contributed by atoms with Gasteiger partial charge in [0.25, 0.3) is 0 Å². The fourth-order valence-electron chi connectivity index (χ4n) is 2.88. The van der Waals surface area contributed by atoms with E-state index in [2.05, 4.69) is 24.0 Å². The van der Waals surface area contributed by atoms with Gasteiger partial charge in [-0.15, -0.1) is 0 Å². The van der Waals surface area contributed by atoms with Crippen LogP contribution < -0.4 is 5.73 Å². The number of aromatic nitrogens is 2. The first-order valence-electron chi connectivity index (χ1n) is 7.86. The van der Waals surface area contributed by atoms with Crippen LogP contribution in [0.1, 0.15) is 77.1 Å². The first kappa shape index (κ1) is 15.4. The Labute approximate surface area is 121 Å². The van der Waals surface area contributed by atoms with Crippen molar-refractivity contribution >= 4 is 0 Å². The molecule has 1 fully saturated rings. The molecule has 0 spiro atoms. The average Bonchev–Trinajstić information content (AvgIpc) is 2.97.